The van der Waals surface area contributed by atoms with Crippen LogP contribution in [0.5, 0.6) is 11.5 Å². The predicted molar refractivity (Wildman–Crippen MR) is 85.8 cm³/mol. The molecule has 0 aromatic heterocycles. The van der Waals surface area contributed by atoms with Gasteiger partial charge in [-0.3, -0.25) is 0 Å². The van der Waals surface area contributed by atoms with Crippen molar-refractivity contribution < 1.29 is 9.47 Å². The molecule has 2 rings (SSSR count). The third kappa shape index (κ3) is 4.59. The largest absolute Gasteiger partial charge is 0.457 e. The molecule has 1 unspecified atom stereocenters. The second-order valence-electron chi connectivity index (χ2n) is 5.08. The van der Waals surface area contributed by atoms with Crippen LogP contribution in [0, 0.1) is 0 Å². The number of hydrogen-bond acceptors (Lipinski definition) is 3. The molecule has 0 aliphatic carbocycles. The summed E-state index contributed by atoms with van der Waals surface area (Å²) in [5, 5.41) is 0. The summed E-state index contributed by atoms with van der Waals surface area (Å²) in [5.41, 5.74) is 8.40. The Balaban J connectivity index is 2.04. The first kappa shape index (κ1) is 15.5. The maximum absolute atomic E-state index is 6.06. The minimum Gasteiger partial charge on any atom is -0.457 e. The van der Waals surface area contributed by atoms with Crippen molar-refractivity contribution in [2.24, 2.45) is 5.73 Å². The number of ether oxygens (including phenoxy) is 2. The lowest BCUT2D eigenvalue weighted by molar-refractivity contribution is 0.202. The second kappa shape index (κ2) is 7.81. The van der Waals surface area contributed by atoms with Gasteiger partial charge in [-0.2, -0.15) is 0 Å². The zero-order valence-electron chi connectivity index (χ0n) is 12.7. The monoisotopic (exact) mass is 285 g/mol. The molecular formula is C18H23NO2. The smallest absolute Gasteiger partial charge is 0.127 e. The molecule has 3 heteroatoms. The molecule has 1 atom stereocenters. The van der Waals surface area contributed by atoms with Crippen molar-refractivity contribution in [1.29, 1.82) is 0 Å². The van der Waals surface area contributed by atoms with Crippen molar-refractivity contribution in [3.05, 3.63) is 59.7 Å². The minimum atomic E-state index is 0.0602. The highest BCUT2D eigenvalue weighted by molar-refractivity contribution is 5.36. The molecule has 0 saturated heterocycles. The van der Waals surface area contributed by atoms with Crippen molar-refractivity contribution in [2.75, 3.05) is 13.7 Å². The van der Waals surface area contributed by atoms with Gasteiger partial charge in [0.15, 0.2) is 0 Å². The third-order valence-electron chi connectivity index (χ3n) is 3.48. The molecule has 3 nitrogen and oxygen atoms in total. The molecule has 0 aliphatic rings. The van der Waals surface area contributed by atoms with Crippen LogP contribution in [0.15, 0.2) is 48.5 Å². The van der Waals surface area contributed by atoms with E-state index in [1.807, 2.05) is 36.4 Å². The summed E-state index contributed by atoms with van der Waals surface area (Å²) in [5.74, 6) is 1.65. The lowest BCUT2D eigenvalue weighted by Crippen LogP contribution is -2.08. The standard InChI is InChI=1S/C18H23NO2/c1-3-18(19)15-5-4-6-17(13-15)21-16-9-7-14(8-10-16)11-12-20-2/h4-10,13,18H,3,11-12,19H2,1-2H3. The Kier molecular flexibility index (Phi) is 5.78. The van der Waals surface area contributed by atoms with Crippen LogP contribution in [0.3, 0.4) is 0 Å². The third-order valence-corrected chi connectivity index (χ3v) is 3.48. The van der Waals surface area contributed by atoms with Crippen LogP contribution in [0.25, 0.3) is 0 Å². The SMILES string of the molecule is CCC(N)c1cccc(Oc2ccc(CCOC)cc2)c1. The summed E-state index contributed by atoms with van der Waals surface area (Å²) in [7, 11) is 1.71. The highest BCUT2D eigenvalue weighted by atomic mass is 16.5. The second-order valence-corrected chi connectivity index (χ2v) is 5.08. The van der Waals surface area contributed by atoms with E-state index >= 15 is 0 Å². The normalized spacial score (nSPS) is 12.1. The van der Waals surface area contributed by atoms with Gasteiger partial charge in [-0.1, -0.05) is 31.2 Å². The molecule has 0 saturated carbocycles. The lowest BCUT2D eigenvalue weighted by atomic mass is 10.1. The molecule has 2 aromatic carbocycles. The fourth-order valence-electron chi connectivity index (χ4n) is 2.12. The van der Waals surface area contributed by atoms with Gasteiger partial charge in [0, 0.05) is 13.2 Å². The van der Waals surface area contributed by atoms with E-state index in [-0.39, 0.29) is 6.04 Å². The predicted octanol–water partition coefficient (Wildman–Crippen LogP) is 4.08. The van der Waals surface area contributed by atoms with Gasteiger partial charge < -0.3 is 15.2 Å². The van der Waals surface area contributed by atoms with Gasteiger partial charge in [0.25, 0.3) is 0 Å². The van der Waals surface area contributed by atoms with Crippen LogP contribution in [0.2, 0.25) is 0 Å². The molecule has 0 bridgehead atoms. The van der Waals surface area contributed by atoms with Gasteiger partial charge in [0.1, 0.15) is 11.5 Å². The van der Waals surface area contributed by atoms with E-state index < -0.39 is 0 Å². The van der Waals surface area contributed by atoms with Crippen LogP contribution in [-0.2, 0) is 11.2 Å². The zero-order valence-corrected chi connectivity index (χ0v) is 12.7. The quantitative estimate of drug-likeness (QED) is 0.833. The molecule has 2 aromatic rings. The molecule has 0 heterocycles. The van der Waals surface area contributed by atoms with Crippen LogP contribution in [0.1, 0.15) is 30.5 Å². The first-order valence-corrected chi connectivity index (χ1v) is 7.34. The molecule has 2 N–H and O–H groups in total. The molecule has 0 amide bonds. The highest BCUT2D eigenvalue weighted by Crippen LogP contribution is 2.25. The van der Waals surface area contributed by atoms with Crippen molar-refractivity contribution in [2.45, 2.75) is 25.8 Å². The Hall–Kier alpha value is -1.84. The summed E-state index contributed by atoms with van der Waals surface area (Å²) < 4.78 is 11.0. The Labute approximate surface area is 126 Å². The number of rotatable bonds is 7. The van der Waals surface area contributed by atoms with E-state index in [9.17, 15) is 0 Å². The highest BCUT2D eigenvalue weighted by Gasteiger charge is 2.05. The van der Waals surface area contributed by atoms with Gasteiger partial charge in [0.05, 0.1) is 6.61 Å². The fourth-order valence-corrected chi connectivity index (χ4v) is 2.12. The van der Waals surface area contributed by atoms with E-state index in [0.717, 1.165) is 36.5 Å². The molecule has 0 fully saturated rings. The topological polar surface area (TPSA) is 44.5 Å². The molecular weight excluding hydrogens is 262 g/mol. The Morgan fingerprint density at radius 1 is 1.05 bits per heavy atom. The van der Waals surface area contributed by atoms with Gasteiger partial charge in [-0.05, 0) is 48.2 Å². The number of nitrogens with two attached hydrogens (primary N) is 1. The van der Waals surface area contributed by atoms with Crippen LogP contribution < -0.4 is 10.5 Å². The molecule has 112 valence electrons. The maximum atomic E-state index is 6.06. The number of hydrogen-bond donors (Lipinski definition) is 1. The van der Waals surface area contributed by atoms with Crippen molar-refractivity contribution in [3.8, 4) is 11.5 Å². The average molecular weight is 285 g/mol. The van der Waals surface area contributed by atoms with Gasteiger partial charge >= 0.3 is 0 Å². The first-order chi connectivity index (χ1) is 10.2. The number of benzene rings is 2. The van der Waals surface area contributed by atoms with Crippen LogP contribution in [-0.4, -0.2) is 13.7 Å². The van der Waals surface area contributed by atoms with E-state index in [0.29, 0.717) is 0 Å². The van der Waals surface area contributed by atoms with Crippen LogP contribution >= 0.6 is 0 Å². The average Bonchev–Trinajstić information content (AvgIpc) is 2.53. The summed E-state index contributed by atoms with van der Waals surface area (Å²) in [4.78, 5) is 0. The Bertz CT molecular complexity index is 551. The Morgan fingerprint density at radius 3 is 2.48 bits per heavy atom. The number of methoxy groups -OCH3 is 1. The summed E-state index contributed by atoms with van der Waals surface area (Å²) in [6.07, 6.45) is 1.83. The van der Waals surface area contributed by atoms with E-state index in [1.165, 1.54) is 5.56 Å². The Morgan fingerprint density at radius 2 is 1.81 bits per heavy atom. The van der Waals surface area contributed by atoms with Crippen molar-refractivity contribution >= 4 is 0 Å². The van der Waals surface area contributed by atoms with Gasteiger partial charge in [0.2, 0.25) is 0 Å². The van der Waals surface area contributed by atoms with E-state index in [1.54, 1.807) is 7.11 Å². The van der Waals surface area contributed by atoms with Crippen molar-refractivity contribution in [1.82, 2.24) is 0 Å². The van der Waals surface area contributed by atoms with Crippen LogP contribution in [0.4, 0.5) is 0 Å². The fraction of sp³-hybridized carbons (Fsp3) is 0.333. The molecule has 0 radical (unpaired) electrons. The maximum Gasteiger partial charge on any atom is 0.127 e. The summed E-state index contributed by atoms with van der Waals surface area (Å²) in [6, 6.07) is 16.1. The lowest BCUT2D eigenvalue weighted by Gasteiger charge is -2.12. The molecule has 21 heavy (non-hydrogen) atoms. The van der Waals surface area contributed by atoms with Gasteiger partial charge in [-0.15, -0.1) is 0 Å². The zero-order chi connectivity index (χ0) is 15.1. The summed E-state index contributed by atoms with van der Waals surface area (Å²) in [6.45, 7) is 2.81. The molecule has 0 aliphatic heterocycles. The minimum absolute atomic E-state index is 0.0602. The van der Waals surface area contributed by atoms with Crippen molar-refractivity contribution in [3.63, 3.8) is 0 Å². The van der Waals surface area contributed by atoms with Gasteiger partial charge in [-0.25, -0.2) is 0 Å². The first-order valence-electron chi connectivity index (χ1n) is 7.34. The van der Waals surface area contributed by atoms with E-state index in [2.05, 4.69) is 19.1 Å². The summed E-state index contributed by atoms with van der Waals surface area (Å²) >= 11 is 0. The molecule has 0 spiro atoms. The van der Waals surface area contributed by atoms with E-state index in [4.69, 9.17) is 15.2 Å².